The van der Waals surface area contributed by atoms with Crippen LogP contribution in [0.25, 0.3) is 0 Å². The van der Waals surface area contributed by atoms with Crippen LogP contribution in [-0.4, -0.2) is 25.5 Å². The monoisotopic (exact) mass is 260 g/mol. The zero-order valence-corrected chi connectivity index (χ0v) is 12.4. The van der Waals surface area contributed by atoms with Crippen molar-refractivity contribution in [2.45, 2.75) is 34.1 Å². The molecular weight excluding hydrogens is 236 g/mol. The van der Waals surface area contributed by atoms with E-state index in [4.69, 9.17) is 0 Å². The van der Waals surface area contributed by atoms with Gasteiger partial charge in [-0.25, -0.2) is 0 Å². The van der Waals surface area contributed by atoms with Crippen molar-refractivity contribution in [2.24, 2.45) is 5.92 Å². The normalized spacial score (nSPS) is 15.2. The van der Waals surface area contributed by atoms with E-state index in [1.54, 1.807) is 0 Å². The highest BCUT2D eigenvalue weighted by Crippen LogP contribution is 2.21. The molecule has 0 aromatic heterocycles. The van der Waals surface area contributed by atoms with Crippen molar-refractivity contribution in [1.29, 1.82) is 0 Å². The predicted octanol–water partition coefficient (Wildman–Crippen LogP) is 1.80. The second-order valence-corrected chi connectivity index (χ2v) is 5.64. The third-order valence-corrected chi connectivity index (χ3v) is 4.35. The van der Waals surface area contributed by atoms with E-state index in [0.29, 0.717) is 0 Å². The molecule has 1 aliphatic rings. The summed E-state index contributed by atoms with van der Waals surface area (Å²) in [7, 11) is 0. The lowest BCUT2D eigenvalue weighted by molar-refractivity contribution is -0.126. The first-order valence-corrected chi connectivity index (χ1v) is 7.05. The number of carbonyl (C=O) groups is 1. The summed E-state index contributed by atoms with van der Waals surface area (Å²) >= 11 is 0. The second-order valence-electron chi connectivity index (χ2n) is 5.64. The van der Waals surface area contributed by atoms with Gasteiger partial charge in [0.05, 0.1) is 5.92 Å². The molecule has 2 rings (SSSR count). The third kappa shape index (κ3) is 2.98. The first-order chi connectivity index (χ1) is 9.00. The van der Waals surface area contributed by atoms with Crippen molar-refractivity contribution in [3.05, 3.63) is 33.9 Å². The molecule has 1 fully saturated rings. The first-order valence-electron chi connectivity index (χ1n) is 7.05. The number of nitrogens with one attached hydrogen (secondary N) is 2. The van der Waals surface area contributed by atoms with Gasteiger partial charge in [0.1, 0.15) is 0 Å². The van der Waals surface area contributed by atoms with E-state index in [0.717, 1.165) is 26.1 Å². The minimum absolute atomic E-state index is 0.182. The van der Waals surface area contributed by atoms with E-state index < -0.39 is 0 Å². The predicted molar refractivity (Wildman–Crippen MR) is 78.5 cm³/mol. The Morgan fingerprint density at radius 2 is 1.79 bits per heavy atom. The van der Waals surface area contributed by atoms with Gasteiger partial charge in [0.2, 0.25) is 5.91 Å². The fourth-order valence-corrected chi connectivity index (χ4v) is 2.60. The Labute approximate surface area is 115 Å². The van der Waals surface area contributed by atoms with Gasteiger partial charge >= 0.3 is 0 Å². The fourth-order valence-electron chi connectivity index (χ4n) is 2.60. The minimum atomic E-state index is 0.182. The van der Waals surface area contributed by atoms with Crippen LogP contribution >= 0.6 is 0 Å². The second kappa shape index (κ2) is 5.74. The van der Waals surface area contributed by atoms with Crippen molar-refractivity contribution in [2.75, 3.05) is 19.6 Å². The summed E-state index contributed by atoms with van der Waals surface area (Å²) < 4.78 is 0. The number of hydrogen-bond acceptors (Lipinski definition) is 2. The fraction of sp³-hybridized carbons (Fsp3) is 0.562. The van der Waals surface area contributed by atoms with E-state index in [-0.39, 0.29) is 11.8 Å². The van der Waals surface area contributed by atoms with E-state index >= 15 is 0 Å². The van der Waals surface area contributed by atoms with Crippen LogP contribution < -0.4 is 10.6 Å². The van der Waals surface area contributed by atoms with Gasteiger partial charge in [-0.1, -0.05) is 6.07 Å². The van der Waals surface area contributed by atoms with Crippen LogP contribution in [0.15, 0.2) is 6.07 Å². The van der Waals surface area contributed by atoms with Gasteiger partial charge in [-0.15, -0.1) is 0 Å². The molecule has 0 atom stereocenters. The molecule has 1 amide bonds. The number of carbonyl (C=O) groups excluding carboxylic acids is 1. The van der Waals surface area contributed by atoms with Crippen molar-refractivity contribution < 1.29 is 4.79 Å². The quantitative estimate of drug-likeness (QED) is 0.866. The molecule has 1 saturated heterocycles. The van der Waals surface area contributed by atoms with Gasteiger partial charge in [0.25, 0.3) is 0 Å². The van der Waals surface area contributed by atoms with E-state index in [1.165, 1.54) is 27.8 Å². The van der Waals surface area contributed by atoms with Crippen molar-refractivity contribution >= 4 is 5.91 Å². The number of benzene rings is 1. The average molecular weight is 260 g/mol. The van der Waals surface area contributed by atoms with Crippen molar-refractivity contribution in [1.82, 2.24) is 10.6 Å². The smallest absolute Gasteiger partial charge is 0.225 e. The van der Waals surface area contributed by atoms with Crippen molar-refractivity contribution in [3.63, 3.8) is 0 Å². The molecule has 104 valence electrons. The van der Waals surface area contributed by atoms with Crippen LogP contribution in [0.3, 0.4) is 0 Å². The van der Waals surface area contributed by atoms with Gasteiger partial charge in [-0.05, 0) is 61.9 Å². The molecule has 0 bridgehead atoms. The molecule has 0 unspecified atom stereocenters. The summed E-state index contributed by atoms with van der Waals surface area (Å²) in [6, 6.07) is 2.24. The number of hydrogen-bond donors (Lipinski definition) is 2. The van der Waals surface area contributed by atoms with Gasteiger partial charge < -0.3 is 10.6 Å². The molecule has 19 heavy (non-hydrogen) atoms. The summed E-state index contributed by atoms with van der Waals surface area (Å²) in [5.41, 5.74) is 6.80. The maximum atomic E-state index is 11.8. The molecule has 0 saturated carbocycles. The largest absolute Gasteiger partial charge is 0.355 e. The highest BCUT2D eigenvalue weighted by molar-refractivity contribution is 5.80. The Morgan fingerprint density at radius 1 is 1.21 bits per heavy atom. The molecule has 0 radical (unpaired) electrons. The average Bonchev–Trinajstić information content (AvgIpc) is 2.29. The van der Waals surface area contributed by atoms with Gasteiger partial charge in [-0.2, -0.15) is 0 Å². The molecule has 2 N–H and O–H groups in total. The summed E-state index contributed by atoms with van der Waals surface area (Å²) in [5.74, 6) is 0.375. The molecule has 1 aliphatic heterocycles. The van der Waals surface area contributed by atoms with Crippen LogP contribution in [0, 0.1) is 33.6 Å². The highest BCUT2D eigenvalue weighted by Gasteiger charge is 2.24. The summed E-state index contributed by atoms with van der Waals surface area (Å²) in [4.78, 5) is 11.8. The van der Waals surface area contributed by atoms with Crippen LogP contribution in [0.2, 0.25) is 0 Å². The Balaban J connectivity index is 1.97. The number of aryl methyl sites for hydroxylation is 2. The van der Waals surface area contributed by atoms with Gasteiger partial charge in [0, 0.05) is 19.6 Å². The van der Waals surface area contributed by atoms with Crippen LogP contribution in [0.4, 0.5) is 0 Å². The van der Waals surface area contributed by atoms with Crippen LogP contribution in [0.5, 0.6) is 0 Å². The minimum Gasteiger partial charge on any atom is -0.355 e. The van der Waals surface area contributed by atoms with Crippen molar-refractivity contribution in [3.8, 4) is 0 Å². The number of amides is 1. The lowest BCUT2D eigenvalue weighted by atomic mass is 9.92. The summed E-state index contributed by atoms with van der Waals surface area (Å²) in [5, 5.41) is 6.17. The van der Waals surface area contributed by atoms with Gasteiger partial charge in [0.15, 0.2) is 0 Å². The lowest BCUT2D eigenvalue weighted by Gasteiger charge is -2.26. The van der Waals surface area contributed by atoms with E-state index in [1.807, 2.05) is 0 Å². The Bertz CT molecular complexity index is 464. The van der Waals surface area contributed by atoms with E-state index in [9.17, 15) is 4.79 Å². The Hall–Kier alpha value is -1.35. The van der Waals surface area contributed by atoms with Crippen LogP contribution in [0.1, 0.15) is 27.8 Å². The molecule has 1 heterocycles. The molecule has 3 nitrogen and oxygen atoms in total. The van der Waals surface area contributed by atoms with E-state index in [2.05, 4.69) is 44.4 Å². The highest BCUT2D eigenvalue weighted by atomic mass is 16.2. The topological polar surface area (TPSA) is 41.1 Å². The molecule has 1 aromatic rings. The SMILES string of the molecule is Cc1cc(C)c(C)c(CCNC(=O)C2CNC2)c1C. The Kier molecular flexibility index (Phi) is 4.25. The lowest BCUT2D eigenvalue weighted by Crippen LogP contribution is -2.51. The third-order valence-electron chi connectivity index (χ3n) is 4.35. The zero-order chi connectivity index (χ0) is 14.0. The number of rotatable bonds is 4. The van der Waals surface area contributed by atoms with Crippen LogP contribution in [-0.2, 0) is 11.2 Å². The molecule has 3 heteroatoms. The Morgan fingerprint density at radius 3 is 2.26 bits per heavy atom. The summed E-state index contributed by atoms with van der Waals surface area (Å²) in [6.07, 6.45) is 0.923. The molecule has 1 aromatic carbocycles. The maximum absolute atomic E-state index is 11.8. The molecule has 0 spiro atoms. The van der Waals surface area contributed by atoms with Gasteiger partial charge in [-0.3, -0.25) is 4.79 Å². The zero-order valence-electron chi connectivity index (χ0n) is 12.4. The maximum Gasteiger partial charge on any atom is 0.225 e. The standard InChI is InChI=1S/C16H24N2O/c1-10-7-11(2)13(4)15(12(10)3)5-6-18-16(19)14-8-17-9-14/h7,14,17H,5-6,8-9H2,1-4H3,(H,18,19). The molecule has 0 aliphatic carbocycles. The first kappa shape index (κ1) is 14.1. The molecular formula is C16H24N2O. The summed E-state index contributed by atoms with van der Waals surface area (Å²) in [6.45, 7) is 11.1.